The van der Waals surface area contributed by atoms with Crippen molar-refractivity contribution in [1.29, 1.82) is 0 Å². The fourth-order valence-corrected chi connectivity index (χ4v) is 2.98. The van der Waals surface area contributed by atoms with Gasteiger partial charge < -0.3 is 10.2 Å². The molecule has 1 aromatic rings. The lowest BCUT2D eigenvalue weighted by atomic mass is 9.95. The number of nitrogens with zero attached hydrogens (tertiary/aromatic N) is 1. The Balaban J connectivity index is 1.96. The summed E-state index contributed by atoms with van der Waals surface area (Å²) in [6.07, 6.45) is 2.38. The Bertz CT molecular complexity index is 419. The fraction of sp³-hybridized carbons (Fsp3) is 0.647. The second-order valence-electron chi connectivity index (χ2n) is 6.53. The van der Waals surface area contributed by atoms with Crippen LogP contribution in [0.1, 0.15) is 33.6 Å². The van der Waals surface area contributed by atoms with Crippen molar-refractivity contribution in [2.45, 2.75) is 39.7 Å². The average molecular weight is 278 g/mol. The number of hydrogen-bond donors (Lipinski definition) is 1. The minimum atomic E-state index is -0.109. The molecule has 0 radical (unpaired) electrons. The van der Waals surface area contributed by atoms with Gasteiger partial charge in [-0.05, 0) is 43.4 Å². The Hall–Kier alpha value is -1.09. The first-order chi connectivity index (χ1) is 9.56. The van der Waals surface area contributed by atoms with E-state index in [0.29, 0.717) is 12.0 Å². The van der Waals surface area contributed by atoms with Crippen LogP contribution in [0.25, 0.3) is 0 Å². The van der Waals surface area contributed by atoms with Crippen molar-refractivity contribution in [2.75, 3.05) is 24.5 Å². The van der Waals surface area contributed by atoms with Crippen LogP contribution in [0.3, 0.4) is 0 Å². The van der Waals surface area contributed by atoms with Crippen LogP contribution in [0, 0.1) is 17.7 Å². The third-order valence-corrected chi connectivity index (χ3v) is 4.01. The van der Waals surface area contributed by atoms with Crippen LogP contribution in [0.4, 0.5) is 10.1 Å². The van der Waals surface area contributed by atoms with Gasteiger partial charge in [0, 0.05) is 19.1 Å². The van der Waals surface area contributed by atoms with Crippen molar-refractivity contribution in [3.63, 3.8) is 0 Å². The summed E-state index contributed by atoms with van der Waals surface area (Å²) >= 11 is 0. The Labute approximate surface area is 122 Å². The number of hydrogen-bond acceptors (Lipinski definition) is 2. The molecule has 0 bridgehead atoms. The van der Waals surface area contributed by atoms with Gasteiger partial charge in [0.1, 0.15) is 5.82 Å². The molecule has 1 fully saturated rings. The normalized spacial score (nSPS) is 23.4. The minimum absolute atomic E-state index is 0.109. The molecule has 1 N–H and O–H groups in total. The lowest BCUT2D eigenvalue weighted by Crippen LogP contribution is -2.49. The Morgan fingerprint density at radius 2 is 2.05 bits per heavy atom. The molecule has 0 aliphatic carbocycles. The summed E-state index contributed by atoms with van der Waals surface area (Å²) in [4.78, 5) is 2.19. The summed E-state index contributed by atoms with van der Waals surface area (Å²) in [7, 11) is 0. The second-order valence-corrected chi connectivity index (χ2v) is 6.53. The molecule has 0 saturated carbocycles. The van der Waals surface area contributed by atoms with Crippen molar-refractivity contribution in [1.82, 2.24) is 5.32 Å². The molecular formula is C17H27FN2. The molecule has 0 aromatic heterocycles. The highest BCUT2D eigenvalue weighted by Gasteiger charge is 2.25. The maximum Gasteiger partial charge on any atom is 0.146 e. The molecule has 1 saturated heterocycles. The molecular weight excluding hydrogens is 251 g/mol. The summed E-state index contributed by atoms with van der Waals surface area (Å²) in [6, 6.07) is 7.58. The molecule has 2 nitrogen and oxygen atoms in total. The lowest BCUT2D eigenvalue weighted by molar-refractivity contribution is 0.342. The van der Waals surface area contributed by atoms with Gasteiger partial charge in [0.05, 0.1) is 5.69 Å². The van der Waals surface area contributed by atoms with Gasteiger partial charge in [-0.15, -0.1) is 0 Å². The van der Waals surface area contributed by atoms with Crippen molar-refractivity contribution in [2.24, 2.45) is 11.8 Å². The maximum absolute atomic E-state index is 13.9. The number of para-hydroxylation sites is 1. The summed E-state index contributed by atoms with van der Waals surface area (Å²) in [6.45, 7) is 9.66. The van der Waals surface area contributed by atoms with Crippen molar-refractivity contribution in [3.05, 3.63) is 30.1 Å². The molecule has 0 amide bonds. The smallest absolute Gasteiger partial charge is 0.146 e. The summed E-state index contributed by atoms with van der Waals surface area (Å²) in [5, 5.41) is 3.64. The minimum Gasteiger partial charge on any atom is -0.367 e. The predicted octanol–water partition coefficient (Wildman–Crippen LogP) is 3.68. The predicted molar refractivity (Wildman–Crippen MR) is 83.6 cm³/mol. The van der Waals surface area contributed by atoms with Gasteiger partial charge in [0.2, 0.25) is 0 Å². The van der Waals surface area contributed by atoms with Crippen LogP contribution in [0.2, 0.25) is 0 Å². The van der Waals surface area contributed by atoms with Crippen LogP contribution in [-0.4, -0.2) is 25.7 Å². The van der Waals surface area contributed by atoms with Gasteiger partial charge in [-0.1, -0.05) is 32.9 Å². The monoisotopic (exact) mass is 278 g/mol. The number of anilines is 1. The third kappa shape index (κ3) is 4.20. The van der Waals surface area contributed by atoms with Gasteiger partial charge in [0.15, 0.2) is 0 Å². The van der Waals surface area contributed by atoms with E-state index < -0.39 is 0 Å². The van der Waals surface area contributed by atoms with Gasteiger partial charge in [0.25, 0.3) is 0 Å². The molecule has 20 heavy (non-hydrogen) atoms. The van der Waals surface area contributed by atoms with E-state index in [4.69, 9.17) is 0 Å². The van der Waals surface area contributed by atoms with Gasteiger partial charge >= 0.3 is 0 Å². The van der Waals surface area contributed by atoms with E-state index in [2.05, 4.69) is 31.0 Å². The molecule has 2 unspecified atom stereocenters. The topological polar surface area (TPSA) is 15.3 Å². The van der Waals surface area contributed by atoms with E-state index in [1.165, 1.54) is 12.8 Å². The Morgan fingerprint density at radius 1 is 1.30 bits per heavy atom. The van der Waals surface area contributed by atoms with Gasteiger partial charge in [-0.3, -0.25) is 0 Å². The second kappa shape index (κ2) is 7.07. The number of piperidine rings is 1. The molecule has 0 spiro atoms. The van der Waals surface area contributed by atoms with Gasteiger partial charge in [-0.2, -0.15) is 0 Å². The zero-order valence-electron chi connectivity index (χ0n) is 12.9. The Kier molecular flexibility index (Phi) is 5.41. The van der Waals surface area contributed by atoms with Crippen LogP contribution < -0.4 is 10.2 Å². The average Bonchev–Trinajstić information content (AvgIpc) is 2.38. The first kappa shape index (κ1) is 15.3. The quantitative estimate of drug-likeness (QED) is 0.884. The fourth-order valence-electron chi connectivity index (χ4n) is 2.98. The van der Waals surface area contributed by atoms with Crippen LogP contribution in [-0.2, 0) is 0 Å². The van der Waals surface area contributed by atoms with Crippen molar-refractivity contribution < 1.29 is 4.39 Å². The van der Waals surface area contributed by atoms with E-state index in [-0.39, 0.29) is 5.82 Å². The summed E-state index contributed by atoms with van der Waals surface area (Å²) in [5.74, 6) is 1.22. The lowest BCUT2D eigenvalue weighted by Gasteiger charge is -2.38. The molecule has 1 aliphatic heterocycles. The summed E-state index contributed by atoms with van der Waals surface area (Å²) in [5.41, 5.74) is 0.745. The highest BCUT2D eigenvalue weighted by atomic mass is 19.1. The first-order valence-electron chi connectivity index (χ1n) is 7.79. The molecule has 2 rings (SSSR count). The number of rotatable bonds is 5. The van der Waals surface area contributed by atoms with E-state index >= 15 is 0 Å². The summed E-state index contributed by atoms with van der Waals surface area (Å²) < 4.78 is 13.9. The first-order valence-corrected chi connectivity index (χ1v) is 7.79. The number of nitrogens with one attached hydrogen (secondary N) is 1. The van der Waals surface area contributed by atoms with E-state index in [9.17, 15) is 4.39 Å². The largest absolute Gasteiger partial charge is 0.367 e. The Morgan fingerprint density at radius 3 is 2.75 bits per heavy atom. The molecule has 1 aromatic carbocycles. The highest BCUT2D eigenvalue weighted by molar-refractivity contribution is 5.48. The van der Waals surface area contributed by atoms with E-state index in [1.54, 1.807) is 12.1 Å². The standard InChI is InChI=1S/C17H27FN2/c1-13(2)8-9-19-15-10-14(3)11-20(12-15)17-7-5-4-6-16(17)18/h4-7,13-15,19H,8-12H2,1-3H3. The molecule has 2 atom stereocenters. The highest BCUT2D eigenvalue weighted by Crippen LogP contribution is 2.25. The number of benzene rings is 1. The zero-order valence-corrected chi connectivity index (χ0v) is 12.9. The van der Waals surface area contributed by atoms with Crippen LogP contribution >= 0.6 is 0 Å². The molecule has 112 valence electrons. The zero-order chi connectivity index (χ0) is 14.5. The number of halogens is 1. The molecule has 1 heterocycles. The third-order valence-electron chi connectivity index (χ3n) is 4.01. The molecule has 1 aliphatic rings. The van der Waals surface area contributed by atoms with Crippen LogP contribution in [0.15, 0.2) is 24.3 Å². The van der Waals surface area contributed by atoms with E-state index in [1.807, 2.05) is 12.1 Å². The maximum atomic E-state index is 13.9. The SMILES string of the molecule is CC(C)CCNC1CC(C)CN(c2ccccc2F)C1. The van der Waals surface area contributed by atoms with Crippen molar-refractivity contribution >= 4 is 5.69 Å². The molecule has 3 heteroatoms. The van der Waals surface area contributed by atoms with Crippen LogP contribution in [0.5, 0.6) is 0 Å². The van der Waals surface area contributed by atoms with Crippen molar-refractivity contribution in [3.8, 4) is 0 Å². The van der Waals surface area contributed by atoms with E-state index in [0.717, 1.165) is 31.2 Å². The van der Waals surface area contributed by atoms with Gasteiger partial charge in [-0.25, -0.2) is 4.39 Å².